The zero-order chi connectivity index (χ0) is 13.5. The highest BCUT2D eigenvalue weighted by atomic mass is 32.2. The molecule has 0 radical (unpaired) electrons. The van der Waals surface area contributed by atoms with Gasteiger partial charge in [0, 0.05) is 16.7 Å². The molecule has 1 N–H and O–H groups in total. The van der Waals surface area contributed by atoms with E-state index < -0.39 is 0 Å². The van der Waals surface area contributed by atoms with Gasteiger partial charge in [0.05, 0.1) is 6.61 Å². The number of carbonyl (C=O) groups is 1. The van der Waals surface area contributed by atoms with Gasteiger partial charge in [-0.1, -0.05) is 6.92 Å². The van der Waals surface area contributed by atoms with Gasteiger partial charge in [-0.2, -0.15) is 11.8 Å². The fourth-order valence-electron chi connectivity index (χ4n) is 1.39. The Balaban J connectivity index is 2.63. The number of aryl methyl sites for hydroxylation is 1. The molecule has 4 nitrogen and oxygen atoms in total. The summed E-state index contributed by atoms with van der Waals surface area (Å²) in [4.78, 5) is 16.8. The van der Waals surface area contributed by atoms with Crippen LogP contribution >= 0.6 is 23.1 Å². The minimum atomic E-state index is -0.338. The Hall–Kier alpha value is -0.750. The lowest BCUT2D eigenvalue weighted by molar-refractivity contribution is 0.0519. The molecule has 0 spiro atoms. The fourth-order valence-corrected chi connectivity index (χ4v) is 2.98. The molecule has 0 fully saturated rings. The standard InChI is InChI=1S/C12H20N2O2S2/c1-5-16-11(15)10-9(4)18-12(14-10)13-8(3)7-17-6-2/h8H,5-7H2,1-4H3,(H,13,14). The molecule has 0 amide bonds. The highest BCUT2D eigenvalue weighted by Crippen LogP contribution is 2.23. The monoisotopic (exact) mass is 288 g/mol. The zero-order valence-corrected chi connectivity index (χ0v) is 12.9. The molecule has 0 saturated carbocycles. The van der Waals surface area contributed by atoms with Crippen molar-refractivity contribution in [1.29, 1.82) is 0 Å². The van der Waals surface area contributed by atoms with Crippen LogP contribution in [-0.4, -0.2) is 35.1 Å². The van der Waals surface area contributed by atoms with Gasteiger partial charge in [-0.25, -0.2) is 9.78 Å². The van der Waals surface area contributed by atoms with E-state index in [2.05, 4.69) is 24.1 Å². The molecule has 0 aliphatic rings. The molecule has 0 bridgehead atoms. The summed E-state index contributed by atoms with van der Waals surface area (Å²) >= 11 is 3.38. The number of rotatable bonds is 7. The van der Waals surface area contributed by atoms with Crippen molar-refractivity contribution in [2.45, 2.75) is 33.7 Å². The normalized spacial score (nSPS) is 12.2. The van der Waals surface area contributed by atoms with Crippen LogP contribution < -0.4 is 5.32 Å². The van der Waals surface area contributed by atoms with Crippen molar-refractivity contribution in [3.8, 4) is 0 Å². The third-order valence-electron chi connectivity index (χ3n) is 2.21. The lowest BCUT2D eigenvalue weighted by Gasteiger charge is -2.11. The van der Waals surface area contributed by atoms with E-state index in [1.54, 1.807) is 6.92 Å². The molecule has 1 heterocycles. The van der Waals surface area contributed by atoms with E-state index in [0.29, 0.717) is 18.3 Å². The molecule has 1 aromatic heterocycles. The van der Waals surface area contributed by atoms with Gasteiger partial charge in [0.15, 0.2) is 10.8 Å². The maximum atomic E-state index is 11.6. The number of thioether (sulfide) groups is 1. The highest BCUT2D eigenvalue weighted by molar-refractivity contribution is 7.99. The van der Waals surface area contributed by atoms with Crippen molar-refractivity contribution in [3.63, 3.8) is 0 Å². The van der Waals surface area contributed by atoms with Gasteiger partial charge in [0.1, 0.15) is 0 Å². The SMILES string of the molecule is CCOC(=O)c1nc(NC(C)CSCC)sc1C. The van der Waals surface area contributed by atoms with E-state index in [1.807, 2.05) is 18.7 Å². The van der Waals surface area contributed by atoms with E-state index in [0.717, 1.165) is 21.5 Å². The number of anilines is 1. The number of carbonyl (C=O) groups excluding carboxylic acids is 1. The average molecular weight is 288 g/mol. The molecule has 102 valence electrons. The molecule has 1 aromatic rings. The highest BCUT2D eigenvalue weighted by Gasteiger charge is 2.17. The van der Waals surface area contributed by atoms with Gasteiger partial charge in [-0.05, 0) is 26.5 Å². The Labute approximate surface area is 117 Å². The van der Waals surface area contributed by atoms with Crippen LogP contribution in [0.15, 0.2) is 0 Å². The quantitative estimate of drug-likeness (QED) is 0.781. The number of aromatic nitrogens is 1. The summed E-state index contributed by atoms with van der Waals surface area (Å²) in [6.07, 6.45) is 0. The second-order valence-electron chi connectivity index (χ2n) is 3.85. The summed E-state index contributed by atoms with van der Waals surface area (Å²) in [7, 11) is 0. The molecular formula is C12H20N2O2S2. The molecule has 1 unspecified atom stereocenters. The molecule has 1 atom stereocenters. The van der Waals surface area contributed by atoms with Crippen LogP contribution in [0.4, 0.5) is 5.13 Å². The summed E-state index contributed by atoms with van der Waals surface area (Å²) in [5.74, 6) is 1.80. The summed E-state index contributed by atoms with van der Waals surface area (Å²) in [6, 6.07) is 0.343. The van der Waals surface area contributed by atoms with Crippen molar-refractivity contribution in [2.75, 3.05) is 23.4 Å². The first kappa shape index (κ1) is 15.3. The largest absolute Gasteiger partial charge is 0.461 e. The predicted molar refractivity (Wildman–Crippen MR) is 78.9 cm³/mol. The number of hydrogen-bond acceptors (Lipinski definition) is 6. The molecule has 0 aromatic carbocycles. The average Bonchev–Trinajstić information content (AvgIpc) is 2.68. The van der Waals surface area contributed by atoms with E-state index in [9.17, 15) is 4.79 Å². The van der Waals surface area contributed by atoms with Crippen LogP contribution in [-0.2, 0) is 4.74 Å². The van der Waals surface area contributed by atoms with Crippen LogP contribution in [0, 0.1) is 6.92 Å². The van der Waals surface area contributed by atoms with Gasteiger partial charge in [-0.15, -0.1) is 11.3 Å². The molecule has 6 heteroatoms. The first-order chi connectivity index (χ1) is 8.58. The number of nitrogens with one attached hydrogen (secondary N) is 1. The van der Waals surface area contributed by atoms with Gasteiger partial charge in [-0.3, -0.25) is 0 Å². The third-order valence-corrected chi connectivity index (χ3v) is 4.25. The smallest absolute Gasteiger partial charge is 0.358 e. The number of ether oxygens (including phenoxy) is 1. The number of hydrogen-bond donors (Lipinski definition) is 1. The molecule has 18 heavy (non-hydrogen) atoms. The fraction of sp³-hybridized carbons (Fsp3) is 0.667. The predicted octanol–water partition coefficient (Wildman–Crippen LogP) is 3.18. The Bertz CT molecular complexity index is 393. The lowest BCUT2D eigenvalue weighted by atomic mass is 10.4. The second kappa shape index (κ2) is 7.63. The van der Waals surface area contributed by atoms with Gasteiger partial charge < -0.3 is 10.1 Å². The van der Waals surface area contributed by atoms with Crippen LogP contribution in [0.3, 0.4) is 0 Å². The van der Waals surface area contributed by atoms with Crippen LogP contribution in [0.25, 0.3) is 0 Å². The topological polar surface area (TPSA) is 51.2 Å². The lowest BCUT2D eigenvalue weighted by Crippen LogP contribution is -2.18. The van der Waals surface area contributed by atoms with Crippen molar-refractivity contribution < 1.29 is 9.53 Å². The molecule has 0 aliphatic heterocycles. The van der Waals surface area contributed by atoms with E-state index >= 15 is 0 Å². The third kappa shape index (κ3) is 4.49. The van der Waals surface area contributed by atoms with E-state index in [4.69, 9.17) is 4.74 Å². The maximum absolute atomic E-state index is 11.6. The summed E-state index contributed by atoms with van der Waals surface area (Å²) in [5, 5.41) is 4.11. The van der Waals surface area contributed by atoms with Crippen molar-refractivity contribution in [3.05, 3.63) is 10.6 Å². The van der Waals surface area contributed by atoms with Gasteiger partial charge in [0.25, 0.3) is 0 Å². The Kier molecular flexibility index (Phi) is 6.49. The molecular weight excluding hydrogens is 268 g/mol. The summed E-state index contributed by atoms with van der Waals surface area (Å²) < 4.78 is 4.97. The first-order valence-electron chi connectivity index (χ1n) is 6.07. The summed E-state index contributed by atoms with van der Waals surface area (Å²) in [6.45, 7) is 8.32. The maximum Gasteiger partial charge on any atom is 0.358 e. The zero-order valence-electron chi connectivity index (χ0n) is 11.3. The Morgan fingerprint density at radius 1 is 1.56 bits per heavy atom. The first-order valence-corrected chi connectivity index (χ1v) is 8.04. The van der Waals surface area contributed by atoms with Gasteiger partial charge >= 0.3 is 5.97 Å². The minimum Gasteiger partial charge on any atom is -0.461 e. The van der Waals surface area contributed by atoms with E-state index in [1.165, 1.54) is 11.3 Å². The van der Waals surface area contributed by atoms with Crippen LogP contribution in [0.5, 0.6) is 0 Å². The second-order valence-corrected chi connectivity index (χ2v) is 6.37. The Morgan fingerprint density at radius 2 is 2.28 bits per heavy atom. The molecule has 0 saturated heterocycles. The minimum absolute atomic E-state index is 0.338. The number of esters is 1. The van der Waals surface area contributed by atoms with Crippen molar-refractivity contribution in [2.24, 2.45) is 0 Å². The van der Waals surface area contributed by atoms with E-state index in [-0.39, 0.29) is 5.97 Å². The van der Waals surface area contributed by atoms with Crippen molar-refractivity contribution >= 4 is 34.2 Å². The number of nitrogens with zero attached hydrogens (tertiary/aromatic N) is 1. The van der Waals surface area contributed by atoms with Crippen LogP contribution in [0.2, 0.25) is 0 Å². The summed E-state index contributed by atoms with van der Waals surface area (Å²) in [5.41, 5.74) is 0.430. The van der Waals surface area contributed by atoms with Crippen molar-refractivity contribution in [1.82, 2.24) is 4.98 Å². The Morgan fingerprint density at radius 3 is 2.89 bits per heavy atom. The van der Waals surface area contributed by atoms with Crippen LogP contribution in [0.1, 0.15) is 36.1 Å². The number of thiazole rings is 1. The molecule has 0 aliphatic carbocycles. The molecule has 1 rings (SSSR count). The van der Waals surface area contributed by atoms with Gasteiger partial charge in [0.2, 0.25) is 0 Å².